The standard InChI is InChI=1S/C21H40N4O2.HI/c1-6-22-20(24-18-17-7-10-27-19(17)21(18,4)5)23-14-16(13-15(2)3)25-8-11-26-12-9-25;/h15-19H,6-14H2,1-5H3,(H2,22,23,24);1H. The number of morpholine rings is 1. The van der Waals surface area contributed by atoms with Gasteiger partial charge in [-0.2, -0.15) is 0 Å². The van der Waals surface area contributed by atoms with Crippen molar-refractivity contribution in [3.63, 3.8) is 0 Å². The van der Waals surface area contributed by atoms with Crippen LogP contribution < -0.4 is 10.6 Å². The Morgan fingerprint density at radius 1 is 1.21 bits per heavy atom. The van der Waals surface area contributed by atoms with Gasteiger partial charge in [-0.05, 0) is 25.7 Å². The zero-order chi connectivity index (χ0) is 19.4. The molecule has 164 valence electrons. The van der Waals surface area contributed by atoms with Crippen LogP contribution in [0.15, 0.2) is 4.99 Å². The second-order valence-electron chi connectivity index (χ2n) is 9.34. The third kappa shape index (κ3) is 5.52. The van der Waals surface area contributed by atoms with Gasteiger partial charge < -0.3 is 20.1 Å². The molecule has 0 aromatic heterocycles. The molecule has 6 nitrogen and oxygen atoms in total. The summed E-state index contributed by atoms with van der Waals surface area (Å²) in [5, 5.41) is 7.21. The number of hydrogen-bond donors (Lipinski definition) is 2. The average Bonchev–Trinajstić information content (AvgIpc) is 3.10. The molecule has 3 rings (SSSR count). The Hall–Kier alpha value is -0.120. The van der Waals surface area contributed by atoms with E-state index < -0.39 is 0 Å². The van der Waals surface area contributed by atoms with Gasteiger partial charge in [-0.3, -0.25) is 9.89 Å². The van der Waals surface area contributed by atoms with E-state index in [1.165, 1.54) is 6.42 Å². The van der Waals surface area contributed by atoms with Gasteiger partial charge in [0.15, 0.2) is 5.96 Å². The first kappa shape index (κ1) is 24.2. The van der Waals surface area contributed by atoms with Crippen LogP contribution in [-0.4, -0.2) is 75.0 Å². The van der Waals surface area contributed by atoms with Gasteiger partial charge in [0, 0.05) is 49.7 Å². The lowest BCUT2D eigenvalue weighted by Gasteiger charge is -2.55. The van der Waals surface area contributed by atoms with Crippen LogP contribution in [0.1, 0.15) is 47.5 Å². The first-order chi connectivity index (χ1) is 12.9. The highest BCUT2D eigenvalue weighted by molar-refractivity contribution is 14.0. The third-order valence-corrected chi connectivity index (χ3v) is 6.50. The number of nitrogens with zero attached hydrogens (tertiary/aromatic N) is 2. The van der Waals surface area contributed by atoms with Gasteiger partial charge in [0.05, 0.1) is 25.9 Å². The molecule has 7 heteroatoms. The topological polar surface area (TPSA) is 58.1 Å². The average molecular weight is 508 g/mol. The molecule has 4 atom stereocenters. The number of fused-ring (bicyclic) bond motifs is 1. The van der Waals surface area contributed by atoms with Crippen molar-refractivity contribution in [2.75, 3.05) is 46.0 Å². The predicted molar refractivity (Wildman–Crippen MR) is 126 cm³/mol. The van der Waals surface area contributed by atoms with E-state index in [1.54, 1.807) is 0 Å². The first-order valence-corrected chi connectivity index (χ1v) is 10.9. The number of nitrogens with one attached hydrogen (secondary N) is 2. The van der Waals surface area contributed by atoms with Gasteiger partial charge in [0.1, 0.15) is 0 Å². The number of guanidine groups is 1. The smallest absolute Gasteiger partial charge is 0.191 e. The molecule has 4 unspecified atom stereocenters. The number of ether oxygens (including phenoxy) is 2. The second kappa shape index (κ2) is 10.8. The molecule has 0 spiro atoms. The van der Waals surface area contributed by atoms with Crippen molar-refractivity contribution >= 4 is 29.9 Å². The van der Waals surface area contributed by atoms with E-state index in [0.29, 0.717) is 30.0 Å². The zero-order valence-corrected chi connectivity index (χ0v) is 20.7. The maximum absolute atomic E-state index is 5.94. The molecular weight excluding hydrogens is 467 g/mol. The second-order valence-corrected chi connectivity index (χ2v) is 9.34. The van der Waals surface area contributed by atoms with Crippen molar-refractivity contribution in [3.8, 4) is 0 Å². The van der Waals surface area contributed by atoms with Crippen molar-refractivity contribution < 1.29 is 9.47 Å². The largest absolute Gasteiger partial charge is 0.379 e. The van der Waals surface area contributed by atoms with Crippen molar-refractivity contribution in [1.82, 2.24) is 15.5 Å². The highest BCUT2D eigenvalue weighted by Gasteiger charge is 2.59. The summed E-state index contributed by atoms with van der Waals surface area (Å²) in [7, 11) is 0. The lowest BCUT2D eigenvalue weighted by atomic mass is 9.57. The highest BCUT2D eigenvalue weighted by atomic mass is 127. The fraction of sp³-hybridized carbons (Fsp3) is 0.952. The van der Waals surface area contributed by atoms with Gasteiger partial charge in [0.25, 0.3) is 0 Å². The molecule has 1 aliphatic carbocycles. The Labute approximate surface area is 188 Å². The summed E-state index contributed by atoms with van der Waals surface area (Å²) >= 11 is 0. The number of aliphatic imine (C=N–C) groups is 1. The fourth-order valence-electron chi connectivity index (χ4n) is 5.11. The van der Waals surface area contributed by atoms with Gasteiger partial charge >= 0.3 is 0 Å². The molecule has 0 bridgehead atoms. The maximum atomic E-state index is 5.94. The summed E-state index contributed by atoms with van der Waals surface area (Å²) in [6.07, 6.45) is 2.74. The molecule has 3 fully saturated rings. The van der Waals surface area contributed by atoms with Crippen LogP contribution in [0.3, 0.4) is 0 Å². The van der Waals surface area contributed by atoms with Crippen molar-refractivity contribution in [2.45, 2.75) is 65.6 Å². The Morgan fingerprint density at radius 2 is 1.93 bits per heavy atom. The van der Waals surface area contributed by atoms with Crippen LogP contribution in [0.2, 0.25) is 0 Å². The molecule has 2 N–H and O–H groups in total. The summed E-state index contributed by atoms with van der Waals surface area (Å²) in [5.41, 5.74) is 0.166. The molecule has 3 aliphatic rings. The van der Waals surface area contributed by atoms with E-state index in [4.69, 9.17) is 14.5 Å². The van der Waals surface area contributed by atoms with Gasteiger partial charge in [-0.25, -0.2) is 0 Å². The van der Waals surface area contributed by atoms with Crippen LogP contribution in [0.5, 0.6) is 0 Å². The van der Waals surface area contributed by atoms with E-state index >= 15 is 0 Å². The van der Waals surface area contributed by atoms with Crippen molar-refractivity contribution in [3.05, 3.63) is 0 Å². The summed E-state index contributed by atoms with van der Waals surface area (Å²) in [4.78, 5) is 7.57. The van der Waals surface area contributed by atoms with Crippen LogP contribution in [0.4, 0.5) is 0 Å². The Bertz CT molecular complexity index is 509. The molecule has 0 amide bonds. The van der Waals surface area contributed by atoms with E-state index in [9.17, 15) is 0 Å². The number of halogens is 1. The monoisotopic (exact) mass is 508 g/mol. The number of rotatable bonds is 7. The Kier molecular flexibility index (Phi) is 9.29. The van der Waals surface area contributed by atoms with E-state index in [2.05, 4.69) is 50.2 Å². The predicted octanol–water partition coefficient (Wildman–Crippen LogP) is 2.72. The molecule has 28 heavy (non-hydrogen) atoms. The first-order valence-electron chi connectivity index (χ1n) is 10.9. The quantitative estimate of drug-likeness (QED) is 0.315. The van der Waals surface area contributed by atoms with Crippen LogP contribution in [0.25, 0.3) is 0 Å². The lowest BCUT2D eigenvalue weighted by molar-refractivity contribution is -0.106. The highest BCUT2D eigenvalue weighted by Crippen LogP contribution is 2.52. The normalized spacial score (nSPS) is 30.9. The Balaban J connectivity index is 0.00000280. The summed E-state index contributed by atoms with van der Waals surface area (Å²) in [5.74, 6) is 2.25. The van der Waals surface area contributed by atoms with Crippen LogP contribution in [0, 0.1) is 17.3 Å². The summed E-state index contributed by atoms with van der Waals surface area (Å²) in [6, 6.07) is 0.927. The summed E-state index contributed by atoms with van der Waals surface area (Å²) in [6.45, 7) is 17.7. The summed E-state index contributed by atoms with van der Waals surface area (Å²) < 4.78 is 11.5. The molecular formula is C21H41IN4O2. The lowest BCUT2D eigenvalue weighted by Crippen LogP contribution is -2.68. The van der Waals surface area contributed by atoms with Gasteiger partial charge in [0.2, 0.25) is 0 Å². The zero-order valence-electron chi connectivity index (χ0n) is 18.4. The molecule has 0 aromatic rings. The van der Waals surface area contributed by atoms with Crippen molar-refractivity contribution in [2.24, 2.45) is 22.2 Å². The fourth-order valence-corrected chi connectivity index (χ4v) is 5.11. The third-order valence-electron chi connectivity index (χ3n) is 6.50. The minimum Gasteiger partial charge on any atom is -0.379 e. The van der Waals surface area contributed by atoms with Gasteiger partial charge in [-0.1, -0.05) is 27.7 Å². The van der Waals surface area contributed by atoms with Gasteiger partial charge in [-0.15, -0.1) is 24.0 Å². The molecule has 2 aliphatic heterocycles. The maximum Gasteiger partial charge on any atom is 0.191 e. The minimum atomic E-state index is 0. The molecule has 2 heterocycles. The van der Waals surface area contributed by atoms with Crippen molar-refractivity contribution in [1.29, 1.82) is 0 Å². The van der Waals surface area contributed by atoms with E-state index in [1.807, 2.05) is 0 Å². The Morgan fingerprint density at radius 3 is 2.57 bits per heavy atom. The van der Waals surface area contributed by atoms with Crippen LogP contribution in [-0.2, 0) is 9.47 Å². The molecule has 1 saturated carbocycles. The molecule has 0 aromatic carbocycles. The van der Waals surface area contributed by atoms with E-state index in [0.717, 1.165) is 58.4 Å². The number of hydrogen-bond acceptors (Lipinski definition) is 4. The molecule has 0 radical (unpaired) electrons. The van der Waals surface area contributed by atoms with Crippen LogP contribution >= 0.6 is 24.0 Å². The minimum absolute atomic E-state index is 0. The molecule has 2 saturated heterocycles. The SMILES string of the molecule is CCNC(=NCC(CC(C)C)N1CCOCC1)NC1C2CCOC2C1(C)C.I. The van der Waals surface area contributed by atoms with E-state index in [-0.39, 0.29) is 29.4 Å².